The smallest absolute Gasteiger partial charge is 0.293 e. The lowest BCUT2D eigenvalue weighted by Crippen LogP contribution is -2.40. The van der Waals surface area contributed by atoms with Crippen molar-refractivity contribution in [2.45, 2.75) is 12.8 Å². The van der Waals surface area contributed by atoms with Crippen LogP contribution in [0.25, 0.3) is 11.3 Å². The minimum Gasteiger partial charge on any atom is -0.477 e. The highest BCUT2D eigenvalue weighted by molar-refractivity contribution is 5.59. The molecule has 3 heterocycles. The van der Waals surface area contributed by atoms with Gasteiger partial charge in [0.2, 0.25) is 5.88 Å². The van der Waals surface area contributed by atoms with E-state index in [1.165, 1.54) is 6.33 Å². The molecule has 1 fully saturated rings. The van der Waals surface area contributed by atoms with Gasteiger partial charge < -0.3 is 14.2 Å². The summed E-state index contributed by atoms with van der Waals surface area (Å²) < 4.78 is 7.51. The number of rotatable bonds is 5. The third-order valence-electron chi connectivity index (χ3n) is 5.09. The van der Waals surface area contributed by atoms with Crippen molar-refractivity contribution in [3.05, 3.63) is 65.5 Å². The van der Waals surface area contributed by atoms with E-state index in [1.807, 2.05) is 36.4 Å². The van der Waals surface area contributed by atoms with Gasteiger partial charge in [0.25, 0.3) is 5.56 Å². The molecule has 0 spiro atoms. The lowest BCUT2D eigenvalue weighted by Gasteiger charge is -2.32. The average molecular weight is 377 g/mol. The van der Waals surface area contributed by atoms with Crippen LogP contribution in [0.4, 0.5) is 5.82 Å². The molecule has 144 valence electrons. The first-order valence-electron chi connectivity index (χ1n) is 9.47. The van der Waals surface area contributed by atoms with Gasteiger partial charge in [-0.3, -0.25) is 4.79 Å². The van der Waals surface area contributed by atoms with Crippen molar-refractivity contribution < 1.29 is 4.74 Å². The Hall–Kier alpha value is -3.22. The Morgan fingerprint density at radius 3 is 2.68 bits per heavy atom. The van der Waals surface area contributed by atoms with Crippen LogP contribution in [0.3, 0.4) is 0 Å². The highest BCUT2D eigenvalue weighted by atomic mass is 16.5. The van der Waals surface area contributed by atoms with Crippen LogP contribution in [0, 0.1) is 5.92 Å². The maximum absolute atomic E-state index is 12.2. The van der Waals surface area contributed by atoms with Crippen LogP contribution in [-0.2, 0) is 7.05 Å². The molecule has 4 rings (SSSR count). The Labute approximate surface area is 163 Å². The van der Waals surface area contributed by atoms with E-state index in [4.69, 9.17) is 4.74 Å². The van der Waals surface area contributed by atoms with E-state index in [2.05, 4.69) is 19.9 Å². The zero-order chi connectivity index (χ0) is 19.3. The topological polar surface area (TPSA) is 73.1 Å². The predicted octanol–water partition coefficient (Wildman–Crippen LogP) is 2.53. The molecule has 3 aromatic rings. The monoisotopic (exact) mass is 377 g/mol. The van der Waals surface area contributed by atoms with Gasteiger partial charge in [-0.05, 0) is 18.8 Å². The van der Waals surface area contributed by atoms with Crippen LogP contribution in [0.5, 0.6) is 5.88 Å². The van der Waals surface area contributed by atoms with E-state index >= 15 is 0 Å². The number of piperidine rings is 1. The van der Waals surface area contributed by atoms with Crippen molar-refractivity contribution in [1.29, 1.82) is 0 Å². The Bertz CT molecular complexity index is 981. The fourth-order valence-corrected chi connectivity index (χ4v) is 3.40. The van der Waals surface area contributed by atoms with Crippen molar-refractivity contribution in [2.75, 3.05) is 24.6 Å². The molecule has 7 nitrogen and oxygen atoms in total. The molecular formula is C21H23N5O2. The third-order valence-corrected chi connectivity index (χ3v) is 5.09. The Morgan fingerprint density at radius 2 is 1.89 bits per heavy atom. The third kappa shape index (κ3) is 4.03. The molecule has 0 unspecified atom stereocenters. The molecule has 28 heavy (non-hydrogen) atoms. The second-order valence-electron chi connectivity index (χ2n) is 7.02. The van der Waals surface area contributed by atoms with Gasteiger partial charge in [0.1, 0.15) is 6.33 Å². The number of benzene rings is 1. The normalized spacial score (nSPS) is 14.8. The van der Waals surface area contributed by atoms with Crippen LogP contribution in [0.2, 0.25) is 0 Å². The number of nitrogens with zero attached hydrogens (tertiary/aromatic N) is 5. The van der Waals surface area contributed by atoms with Gasteiger partial charge in [-0.25, -0.2) is 15.0 Å². The number of anilines is 1. The summed E-state index contributed by atoms with van der Waals surface area (Å²) >= 11 is 0. The van der Waals surface area contributed by atoms with Crippen molar-refractivity contribution in [3.63, 3.8) is 0 Å². The molecule has 0 N–H and O–H groups in total. The fraction of sp³-hybridized carbons (Fsp3) is 0.333. The van der Waals surface area contributed by atoms with Crippen LogP contribution in [0.15, 0.2) is 59.9 Å². The van der Waals surface area contributed by atoms with Crippen LogP contribution in [0.1, 0.15) is 12.8 Å². The summed E-state index contributed by atoms with van der Waals surface area (Å²) in [5.74, 6) is 1.56. The summed E-state index contributed by atoms with van der Waals surface area (Å²) in [6.45, 7) is 2.22. The number of ether oxygens (including phenoxy) is 1. The molecule has 1 saturated heterocycles. The Morgan fingerprint density at radius 1 is 1.11 bits per heavy atom. The van der Waals surface area contributed by atoms with E-state index in [-0.39, 0.29) is 5.56 Å². The van der Waals surface area contributed by atoms with Gasteiger partial charge in [-0.2, -0.15) is 0 Å². The minimum atomic E-state index is -0.0494. The molecule has 1 aliphatic heterocycles. The average Bonchev–Trinajstić information content (AvgIpc) is 2.75. The summed E-state index contributed by atoms with van der Waals surface area (Å²) in [5, 5.41) is 0. The quantitative estimate of drug-likeness (QED) is 0.680. The van der Waals surface area contributed by atoms with Crippen LogP contribution >= 0.6 is 0 Å². The van der Waals surface area contributed by atoms with E-state index in [1.54, 1.807) is 24.0 Å². The summed E-state index contributed by atoms with van der Waals surface area (Å²) in [5.41, 5.74) is 1.85. The summed E-state index contributed by atoms with van der Waals surface area (Å²) in [6, 6.07) is 11.9. The SMILES string of the molecule is Cn1ccnc(N2CCC(COc3cc(-c4ccccc4)ncn3)CC2)c1=O. The van der Waals surface area contributed by atoms with Crippen LogP contribution in [-0.4, -0.2) is 39.2 Å². The number of aryl methyl sites for hydroxylation is 1. The highest BCUT2D eigenvalue weighted by Gasteiger charge is 2.22. The van der Waals surface area contributed by atoms with Crippen LogP contribution < -0.4 is 15.2 Å². The molecule has 2 aromatic heterocycles. The minimum absolute atomic E-state index is 0.0494. The van der Waals surface area contributed by atoms with E-state index in [0.717, 1.165) is 37.2 Å². The number of aromatic nitrogens is 4. The maximum Gasteiger partial charge on any atom is 0.293 e. The molecule has 1 aromatic carbocycles. The van der Waals surface area contributed by atoms with Crippen molar-refractivity contribution in [2.24, 2.45) is 13.0 Å². The molecule has 0 saturated carbocycles. The van der Waals surface area contributed by atoms with Gasteiger partial charge in [0, 0.05) is 44.2 Å². The second kappa shape index (κ2) is 8.21. The first kappa shape index (κ1) is 18.2. The molecule has 0 aliphatic carbocycles. The lowest BCUT2D eigenvalue weighted by molar-refractivity contribution is 0.215. The zero-order valence-corrected chi connectivity index (χ0v) is 15.9. The molecule has 0 amide bonds. The van der Waals surface area contributed by atoms with Crippen molar-refractivity contribution in [3.8, 4) is 17.1 Å². The van der Waals surface area contributed by atoms with Gasteiger partial charge in [0.05, 0.1) is 12.3 Å². The number of hydrogen-bond donors (Lipinski definition) is 0. The first-order valence-corrected chi connectivity index (χ1v) is 9.47. The summed E-state index contributed by atoms with van der Waals surface area (Å²) in [4.78, 5) is 27.1. The summed E-state index contributed by atoms with van der Waals surface area (Å²) in [7, 11) is 1.75. The van der Waals surface area contributed by atoms with Gasteiger partial charge in [0.15, 0.2) is 5.82 Å². The van der Waals surface area contributed by atoms with Gasteiger partial charge in [-0.15, -0.1) is 0 Å². The zero-order valence-electron chi connectivity index (χ0n) is 15.9. The van der Waals surface area contributed by atoms with Gasteiger partial charge in [-0.1, -0.05) is 30.3 Å². The van der Waals surface area contributed by atoms with E-state index in [0.29, 0.717) is 24.2 Å². The molecule has 0 radical (unpaired) electrons. The molecule has 7 heteroatoms. The molecule has 0 atom stereocenters. The largest absolute Gasteiger partial charge is 0.477 e. The van der Waals surface area contributed by atoms with E-state index in [9.17, 15) is 4.79 Å². The standard InChI is InChI=1S/C21H23N5O2/c1-25-12-9-22-20(21(25)27)26-10-7-16(8-11-26)14-28-19-13-18(23-15-24-19)17-5-3-2-4-6-17/h2-6,9,12-13,15-16H,7-8,10-11,14H2,1H3. The Balaban J connectivity index is 1.34. The first-order chi connectivity index (χ1) is 13.7. The molecule has 1 aliphatic rings. The van der Waals surface area contributed by atoms with Gasteiger partial charge >= 0.3 is 0 Å². The number of hydrogen-bond acceptors (Lipinski definition) is 6. The molecule has 0 bridgehead atoms. The Kier molecular flexibility index (Phi) is 5.32. The predicted molar refractivity (Wildman–Crippen MR) is 107 cm³/mol. The second-order valence-corrected chi connectivity index (χ2v) is 7.02. The summed E-state index contributed by atoms with van der Waals surface area (Å²) in [6.07, 6.45) is 6.80. The van der Waals surface area contributed by atoms with E-state index < -0.39 is 0 Å². The van der Waals surface area contributed by atoms with Crippen molar-refractivity contribution >= 4 is 5.82 Å². The van der Waals surface area contributed by atoms with Crippen molar-refractivity contribution in [1.82, 2.24) is 19.5 Å². The fourth-order valence-electron chi connectivity index (χ4n) is 3.40. The molecular weight excluding hydrogens is 354 g/mol. The maximum atomic E-state index is 12.2. The highest BCUT2D eigenvalue weighted by Crippen LogP contribution is 2.23. The lowest BCUT2D eigenvalue weighted by atomic mass is 9.98.